The van der Waals surface area contributed by atoms with Gasteiger partial charge in [0.1, 0.15) is 0 Å². The van der Waals surface area contributed by atoms with Crippen molar-refractivity contribution in [3.63, 3.8) is 0 Å². The molecule has 2 fully saturated rings. The van der Waals surface area contributed by atoms with E-state index in [1.807, 2.05) is 7.11 Å². The Morgan fingerprint density at radius 2 is 2.21 bits per heavy atom. The SMILES string of the molecule is COCC1(c2cccc(CC3CCCCN3)c2)CC1. The van der Waals surface area contributed by atoms with Crippen molar-refractivity contribution < 1.29 is 4.74 Å². The lowest BCUT2D eigenvalue weighted by molar-refractivity contribution is 0.171. The number of ether oxygens (including phenoxy) is 1. The maximum atomic E-state index is 5.40. The maximum Gasteiger partial charge on any atom is 0.0559 e. The van der Waals surface area contributed by atoms with Crippen LogP contribution in [0.1, 0.15) is 43.2 Å². The first kappa shape index (κ1) is 13.1. The van der Waals surface area contributed by atoms with Crippen molar-refractivity contribution in [2.45, 2.75) is 50.0 Å². The molecule has 1 aliphatic heterocycles. The molecule has 2 heteroatoms. The molecule has 19 heavy (non-hydrogen) atoms. The molecule has 1 atom stereocenters. The molecule has 1 aromatic carbocycles. The summed E-state index contributed by atoms with van der Waals surface area (Å²) in [6, 6.07) is 9.89. The van der Waals surface area contributed by atoms with Crippen LogP contribution in [0.15, 0.2) is 24.3 Å². The molecule has 0 radical (unpaired) electrons. The summed E-state index contributed by atoms with van der Waals surface area (Å²) in [7, 11) is 1.82. The van der Waals surface area contributed by atoms with Crippen LogP contribution in [0.25, 0.3) is 0 Å². The Morgan fingerprint density at radius 3 is 2.89 bits per heavy atom. The fraction of sp³-hybridized carbons (Fsp3) is 0.647. The zero-order chi connectivity index (χ0) is 13.1. The average molecular weight is 259 g/mol. The average Bonchev–Trinajstić information content (AvgIpc) is 3.22. The molecule has 0 bridgehead atoms. The second-order valence-electron chi connectivity index (χ2n) is 6.26. The van der Waals surface area contributed by atoms with E-state index in [0.29, 0.717) is 11.5 Å². The third kappa shape index (κ3) is 3.01. The number of methoxy groups -OCH3 is 1. The molecule has 0 amide bonds. The normalized spacial score (nSPS) is 25.2. The lowest BCUT2D eigenvalue weighted by Crippen LogP contribution is -2.35. The van der Waals surface area contributed by atoms with Gasteiger partial charge >= 0.3 is 0 Å². The van der Waals surface area contributed by atoms with E-state index < -0.39 is 0 Å². The molecule has 2 aliphatic rings. The molecule has 1 N–H and O–H groups in total. The Balaban J connectivity index is 1.69. The van der Waals surface area contributed by atoms with Gasteiger partial charge in [0, 0.05) is 18.6 Å². The Morgan fingerprint density at radius 1 is 1.32 bits per heavy atom. The van der Waals surface area contributed by atoms with E-state index in [9.17, 15) is 0 Å². The van der Waals surface area contributed by atoms with Crippen molar-refractivity contribution in [1.29, 1.82) is 0 Å². The lowest BCUT2D eigenvalue weighted by atomic mass is 9.92. The maximum absolute atomic E-state index is 5.40. The van der Waals surface area contributed by atoms with Gasteiger partial charge in [0.05, 0.1) is 6.61 Å². The first-order valence-corrected chi connectivity index (χ1v) is 7.64. The van der Waals surface area contributed by atoms with Gasteiger partial charge in [0.15, 0.2) is 0 Å². The highest BCUT2D eigenvalue weighted by Crippen LogP contribution is 2.48. The fourth-order valence-corrected chi connectivity index (χ4v) is 3.35. The zero-order valence-corrected chi connectivity index (χ0v) is 12.0. The standard InChI is InChI=1S/C17H25NO/c1-19-13-17(8-9-17)15-6-4-5-14(11-15)12-16-7-2-3-10-18-16/h4-6,11,16,18H,2-3,7-10,12-13H2,1H3. The topological polar surface area (TPSA) is 21.3 Å². The number of benzene rings is 1. The highest BCUT2D eigenvalue weighted by atomic mass is 16.5. The number of piperidine rings is 1. The van der Waals surface area contributed by atoms with Gasteiger partial charge in [0.2, 0.25) is 0 Å². The van der Waals surface area contributed by atoms with Gasteiger partial charge in [0.25, 0.3) is 0 Å². The molecule has 104 valence electrons. The van der Waals surface area contributed by atoms with E-state index >= 15 is 0 Å². The Kier molecular flexibility index (Phi) is 3.90. The van der Waals surface area contributed by atoms with Crippen LogP contribution >= 0.6 is 0 Å². The molecular weight excluding hydrogens is 234 g/mol. The Hall–Kier alpha value is -0.860. The van der Waals surface area contributed by atoms with Gasteiger partial charge in [-0.2, -0.15) is 0 Å². The van der Waals surface area contributed by atoms with Gasteiger partial charge in [-0.15, -0.1) is 0 Å². The first-order valence-electron chi connectivity index (χ1n) is 7.64. The molecule has 0 aromatic heterocycles. The van der Waals surface area contributed by atoms with Crippen molar-refractivity contribution in [3.05, 3.63) is 35.4 Å². The molecular formula is C17H25NO. The third-order valence-corrected chi connectivity index (χ3v) is 4.71. The van der Waals surface area contributed by atoms with Crippen LogP contribution in [0.4, 0.5) is 0 Å². The van der Waals surface area contributed by atoms with Gasteiger partial charge in [-0.05, 0) is 49.8 Å². The fourth-order valence-electron chi connectivity index (χ4n) is 3.35. The second-order valence-corrected chi connectivity index (χ2v) is 6.26. The summed E-state index contributed by atoms with van der Waals surface area (Å²) >= 11 is 0. The molecule has 1 unspecified atom stereocenters. The van der Waals surface area contributed by atoms with Crippen LogP contribution in [-0.2, 0) is 16.6 Å². The van der Waals surface area contributed by atoms with Crippen molar-refractivity contribution in [2.75, 3.05) is 20.3 Å². The Labute approximate surface area is 116 Å². The molecule has 1 aliphatic carbocycles. The molecule has 1 saturated carbocycles. The van der Waals surface area contributed by atoms with E-state index in [1.165, 1.54) is 56.2 Å². The summed E-state index contributed by atoms with van der Waals surface area (Å²) in [5, 5.41) is 3.64. The highest BCUT2D eigenvalue weighted by molar-refractivity contribution is 5.35. The number of hydrogen-bond acceptors (Lipinski definition) is 2. The van der Waals surface area contributed by atoms with E-state index in [1.54, 1.807) is 0 Å². The number of hydrogen-bond donors (Lipinski definition) is 1. The van der Waals surface area contributed by atoms with Crippen LogP contribution in [0, 0.1) is 0 Å². The molecule has 2 nitrogen and oxygen atoms in total. The van der Waals surface area contributed by atoms with Crippen LogP contribution in [-0.4, -0.2) is 26.3 Å². The Bertz CT molecular complexity index is 419. The summed E-state index contributed by atoms with van der Waals surface area (Å²) in [5.41, 5.74) is 3.31. The number of nitrogens with one attached hydrogen (secondary N) is 1. The molecule has 1 heterocycles. The second kappa shape index (κ2) is 5.64. The zero-order valence-electron chi connectivity index (χ0n) is 12.0. The summed E-state index contributed by atoms with van der Waals surface area (Å²) in [5.74, 6) is 0. The predicted molar refractivity (Wildman–Crippen MR) is 78.6 cm³/mol. The summed E-state index contributed by atoms with van der Waals surface area (Å²) in [4.78, 5) is 0. The van der Waals surface area contributed by atoms with Crippen molar-refractivity contribution in [3.8, 4) is 0 Å². The monoisotopic (exact) mass is 259 g/mol. The minimum Gasteiger partial charge on any atom is -0.384 e. The molecule has 3 rings (SSSR count). The minimum atomic E-state index is 0.338. The quantitative estimate of drug-likeness (QED) is 0.877. The summed E-state index contributed by atoms with van der Waals surface area (Å²) in [6.07, 6.45) is 7.79. The number of rotatable bonds is 5. The molecule has 1 aromatic rings. The summed E-state index contributed by atoms with van der Waals surface area (Å²) in [6.45, 7) is 2.07. The van der Waals surface area contributed by atoms with Crippen LogP contribution in [0.2, 0.25) is 0 Å². The summed E-state index contributed by atoms with van der Waals surface area (Å²) < 4.78 is 5.40. The first-order chi connectivity index (χ1) is 9.32. The minimum absolute atomic E-state index is 0.338. The van der Waals surface area contributed by atoms with E-state index in [4.69, 9.17) is 4.74 Å². The van der Waals surface area contributed by atoms with Crippen molar-refractivity contribution in [2.24, 2.45) is 0 Å². The highest BCUT2D eigenvalue weighted by Gasteiger charge is 2.44. The van der Waals surface area contributed by atoms with Gasteiger partial charge in [-0.25, -0.2) is 0 Å². The lowest BCUT2D eigenvalue weighted by Gasteiger charge is -2.24. The van der Waals surface area contributed by atoms with Crippen LogP contribution < -0.4 is 5.32 Å². The van der Waals surface area contributed by atoms with E-state index in [0.717, 1.165) is 6.61 Å². The molecule has 1 saturated heterocycles. The smallest absolute Gasteiger partial charge is 0.0559 e. The predicted octanol–water partition coefficient (Wildman–Crippen LogP) is 3.05. The van der Waals surface area contributed by atoms with Gasteiger partial charge in [-0.1, -0.05) is 30.7 Å². The largest absolute Gasteiger partial charge is 0.384 e. The van der Waals surface area contributed by atoms with Crippen molar-refractivity contribution >= 4 is 0 Å². The van der Waals surface area contributed by atoms with Crippen molar-refractivity contribution in [1.82, 2.24) is 5.32 Å². The van der Waals surface area contributed by atoms with E-state index in [2.05, 4.69) is 29.6 Å². The van der Waals surface area contributed by atoms with Gasteiger partial charge in [-0.3, -0.25) is 0 Å². The van der Waals surface area contributed by atoms with Crippen LogP contribution in [0.5, 0.6) is 0 Å². The van der Waals surface area contributed by atoms with Gasteiger partial charge < -0.3 is 10.1 Å². The molecule has 0 spiro atoms. The van der Waals surface area contributed by atoms with Crippen LogP contribution in [0.3, 0.4) is 0 Å². The van der Waals surface area contributed by atoms with E-state index in [-0.39, 0.29) is 0 Å². The third-order valence-electron chi connectivity index (χ3n) is 4.71.